The summed E-state index contributed by atoms with van der Waals surface area (Å²) < 4.78 is 0. The number of aromatic nitrogens is 2. The highest BCUT2D eigenvalue weighted by molar-refractivity contribution is 7.46. The predicted molar refractivity (Wildman–Crippen MR) is 72.7 cm³/mol. The zero-order valence-electron chi connectivity index (χ0n) is 10.3. The fourth-order valence-electron chi connectivity index (χ4n) is 1.08. The third-order valence-electron chi connectivity index (χ3n) is 1.69. The van der Waals surface area contributed by atoms with Gasteiger partial charge in [-0.2, -0.15) is 0 Å². The Hall–Kier alpha value is -0.880. The van der Waals surface area contributed by atoms with Crippen molar-refractivity contribution in [3.05, 3.63) is 24.5 Å². The SMILES string of the molecule is CC.CC.CPc1cnc2[nH]ccc2c1. The third-order valence-corrected chi connectivity index (χ3v) is 2.54. The summed E-state index contributed by atoms with van der Waals surface area (Å²) in [6, 6.07) is 4.23. The van der Waals surface area contributed by atoms with Gasteiger partial charge in [-0.3, -0.25) is 0 Å². The average Bonchev–Trinajstić information content (AvgIpc) is 2.81. The van der Waals surface area contributed by atoms with Crippen LogP contribution < -0.4 is 5.30 Å². The molecule has 0 aromatic carbocycles. The number of hydrogen-bond acceptors (Lipinski definition) is 1. The summed E-state index contributed by atoms with van der Waals surface area (Å²) in [6.45, 7) is 10.2. The van der Waals surface area contributed by atoms with Gasteiger partial charge in [0.2, 0.25) is 0 Å². The molecule has 0 aliphatic rings. The topological polar surface area (TPSA) is 28.7 Å². The second-order valence-electron chi connectivity index (χ2n) is 2.39. The first-order valence-corrected chi connectivity index (χ1v) is 7.01. The van der Waals surface area contributed by atoms with Crippen LogP contribution in [0.4, 0.5) is 0 Å². The fourth-order valence-corrected chi connectivity index (χ4v) is 1.57. The van der Waals surface area contributed by atoms with Gasteiger partial charge in [-0.1, -0.05) is 36.3 Å². The molecule has 2 heterocycles. The molecular formula is C12H21N2P. The van der Waals surface area contributed by atoms with Crippen molar-refractivity contribution >= 4 is 24.9 Å². The van der Waals surface area contributed by atoms with Crippen molar-refractivity contribution in [1.82, 2.24) is 9.97 Å². The van der Waals surface area contributed by atoms with Gasteiger partial charge in [-0.25, -0.2) is 4.98 Å². The molecule has 84 valence electrons. The molecule has 15 heavy (non-hydrogen) atoms. The maximum atomic E-state index is 4.26. The minimum atomic E-state index is 0.829. The second-order valence-corrected chi connectivity index (χ2v) is 3.47. The van der Waals surface area contributed by atoms with Crippen LogP contribution in [0.2, 0.25) is 0 Å². The van der Waals surface area contributed by atoms with E-state index in [-0.39, 0.29) is 0 Å². The Morgan fingerprint density at radius 3 is 2.47 bits per heavy atom. The summed E-state index contributed by atoms with van der Waals surface area (Å²) in [5, 5.41) is 2.52. The van der Waals surface area contributed by atoms with Gasteiger partial charge < -0.3 is 4.98 Å². The van der Waals surface area contributed by atoms with Crippen molar-refractivity contribution in [2.45, 2.75) is 27.7 Å². The zero-order chi connectivity index (χ0) is 11.7. The zero-order valence-corrected chi connectivity index (χ0v) is 11.3. The Labute approximate surface area is 94.3 Å². The molecule has 0 radical (unpaired) electrons. The molecule has 0 bridgehead atoms. The Kier molecular flexibility index (Phi) is 7.94. The summed E-state index contributed by atoms with van der Waals surface area (Å²) in [5.41, 5.74) is 0.979. The van der Waals surface area contributed by atoms with E-state index in [2.05, 4.69) is 22.7 Å². The van der Waals surface area contributed by atoms with Crippen molar-refractivity contribution in [3.63, 3.8) is 0 Å². The molecule has 1 N–H and O–H groups in total. The molecule has 1 atom stereocenters. The van der Waals surface area contributed by atoms with Crippen LogP contribution in [-0.2, 0) is 0 Å². The lowest BCUT2D eigenvalue weighted by Crippen LogP contribution is -1.93. The summed E-state index contributed by atoms with van der Waals surface area (Å²) in [5.74, 6) is 0. The number of pyridine rings is 1. The fraction of sp³-hybridized carbons (Fsp3) is 0.417. The summed E-state index contributed by atoms with van der Waals surface area (Å²) in [4.78, 5) is 7.33. The molecule has 0 aliphatic carbocycles. The standard InChI is InChI=1S/C8H9N2P.2C2H6/c1-11-7-4-6-2-3-9-8(6)10-5-7;2*1-2/h2-5,11H,1H3,(H,9,10);2*1-2H3. The quantitative estimate of drug-likeness (QED) is 0.737. The number of H-pyrrole nitrogens is 1. The Balaban J connectivity index is 0.000000442. The van der Waals surface area contributed by atoms with Crippen LogP contribution in [0.5, 0.6) is 0 Å². The van der Waals surface area contributed by atoms with E-state index < -0.39 is 0 Å². The first-order valence-electron chi connectivity index (χ1n) is 5.51. The van der Waals surface area contributed by atoms with Crippen LogP contribution in [0.15, 0.2) is 24.5 Å². The van der Waals surface area contributed by atoms with Crippen LogP contribution >= 0.6 is 8.58 Å². The van der Waals surface area contributed by atoms with Crippen LogP contribution in [0, 0.1) is 0 Å². The highest BCUT2D eigenvalue weighted by atomic mass is 31.1. The van der Waals surface area contributed by atoms with Crippen LogP contribution in [0.3, 0.4) is 0 Å². The Morgan fingerprint density at radius 1 is 1.20 bits per heavy atom. The number of nitrogens with zero attached hydrogens (tertiary/aromatic N) is 1. The minimum Gasteiger partial charge on any atom is -0.346 e. The van der Waals surface area contributed by atoms with Gasteiger partial charge in [0.1, 0.15) is 5.65 Å². The maximum Gasteiger partial charge on any atom is 0.137 e. The smallest absolute Gasteiger partial charge is 0.137 e. The van der Waals surface area contributed by atoms with Gasteiger partial charge in [0.05, 0.1) is 0 Å². The highest BCUT2D eigenvalue weighted by Crippen LogP contribution is 2.10. The number of hydrogen-bond donors (Lipinski definition) is 1. The van der Waals surface area contributed by atoms with E-state index in [1.165, 1.54) is 10.7 Å². The van der Waals surface area contributed by atoms with Crippen molar-refractivity contribution in [3.8, 4) is 0 Å². The van der Waals surface area contributed by atoms with Crippen molar-refractivity contribution in [1.29, 1.82) is 0 Å². The first kappa shape index (κ1) is 14.1. The molecular weight excluding hydrogens is 203 g/mol. The number of nitrogens with one attached hydrogen (secondary N) is 1. The van der Waals surface area contributed by atoms with E-state index in [4.69, 9.17) is 0 Å². The molecule has 0 amide bonds. The lowest BCUT2D eigenvalue weighted by Gasteiger charge is -1.94. The lowest BCUT2D eigenvalue weighted by atomic mass is 10.3. The summed E-state index contributed by atoms with van der Waals surface area (Å²) in [6.07, 6.45) is 3.84. The maximum absolute atomic E-state index is 4.26. The highest BCUT2D eigenvalue weighted by Gasteiger charge is 1.95. The van der Waals surface area contributed by atoms with Crippen molar-refractivity contribution in [2.75, 3.05) is 6.66 Å². The van der Waals surface area contributed by atoms with E-state index >= 15 is 0 Å². The largest absolute Gasteiger partial charge is 0.346 e. The van der Waals surface area contributed by atoms with E-state index in [0.29, 0.717) is 0 Å². The van der Waals surface area contributed by atoms with Gasteiger partial charge in [0.15, 0.2) is 0 Å². The normalized spacial score (nSPS) is 9.40. The van der Waals surface area contributed by atoms with Crippen LogP contribution in [-0.4, -0.2) is 16.6 Å². The van der Waals surface area contributed by atoms with E-state index in [0.717, 1.165) is 14.2 Å². The van der Waals surface area contributed by atoms with E-state index in [1.807, 2.05) is 46.2 Å². The molecule has 0 fully saturated rings. The molecule has 2 aromatic rings. The van der Waals surface area contributed by atoms with E-state index in [1.54, 1.807) is 0 Å². The Morgan fingerprint density at radius 2 is 1.87 bits per heavy atom. The molecule has 2 aromatic heterocycles. The lowest BCUT2D eigenvalue weighted by molar-refractivity contribution is 1.34. The number of rotatable bonds is 1. The van der Waals surface area contributed by atoms with Crippen molar-refractivity contribution < 1.29 is 0 Å². The second kappa shape index (κ2) is 8.43. The number of fused-ring (bicyclic) bond motifs is 1. The molecule has 0 aliphatic heterocycles. The van der Waals surface area contributed by atoms with Crippen molar-refractivity contribution in [2.24, 2.45) is 0 Å². The molecule has 0 spiro atoms. The van der Waals surface area contributed by atoms with Gasteiger partial charge in [0.25, 0.3) is 0 Å². The average molecular weight is 224 g/mol. The van der Waals surface area contributed by atoms with E-state index in [9.17, 15) is 0 Å². The van der Waals surface area contributed by atoms with Gasteiger partial charge in [-0.05, 0) is 24.1 Å². The van der Waals surface area contributed by atoms with Gasteiger partial charge in [0, 0.05) is 17.8 Å². The van der Waals surface area contributed by atoms with Gasteiger partial charge in [-0.15, -0.1) is 0 Å². The molecule has 3 heteroatoms. The Bertz CT molecular complexity index is 368. The number of aromatic amines is 1. The molecule has 1 unspecified atom stereocenters. The molecule has 2 rings (SSSR count). The summed E-state index contributed by atoms with van der Waals surface area (Å²) >= 11 is 0. The monoisotopic (exact) mass is 224 g/mol. The van der Waals surface area contributed by atoms with Crippen LogP contribution in [0.25, 0.3) is 11.0 Å². The predicted octanol–water partition coefficient (Wildman–Crippen LogP) is 3.55. The molecule has 2 nitrogen and oxygen atoms in total. The first-order chi connectivity index (χ1) is 7.40. The third kappa shape index (κ3) is 4.01. The van der Waals surface area contributed by atoms with Gasteiger partial charge >= 0.3 is 0 Å². The minimum absolute atomic E-state index is 0.829. The molecule has 0 saturated carbocycles. The van der Waals surface area contributed by atoms with Crippen LogP contribution in [0.1, 0.15) is 27.7 Å². The molecule has 0 saturated heterocycles. The summed E-state index contributed by atoms with van der Waals surface area (Å²) in [7, 11) is 0.829.